The molecule has 1 aliphatic heterocycles. The van der Waals surface area contributed by atoms with Crippen LogP contribution in [0.25, 0.3) is 5.57 Å². The largest absolute Gasteiger partial charge is 0.478 e. The highest BCUT2D eigenvalue weighted by atomic mass is 35.5. The first-order valence-corrected chi connectivity index (χ1v) is 4.06. The van der Waals surface area contributed by atoms with E-state index in [0.29, 0.717) is 12.1 Å². The summed E-state index contributed by atoms with van der Waals surface area (Å²) in [5.74, 6) is -0.867. The van der Waals surface area contributed by atoms with Gasteiger partial charge >= 0.3 is 5.97 Å². The zero-order valence-electron chi connectivity index (χ0n) is 7.77. The van der Waals surface area contributed by atoms with Gasteiger partial charge in [-0.3, -0.25) is 0 Å². The van der Waals surface area contributed by atoms with Crippen LogP contribution in [-0.4, -0.2) is 17.6 Å². The minimum absolute atomic E-state index is 0. The van der Waals surface area contributed by atoms with Gasteiger partial charge in [0.1, 0.15) is 0 Å². The van der Waals surface area contributed by atoms with Crippen LogP contribution in [0.5, 0.6) is 0 Å². The Kier molecular flexibility index (Phi) is 5.19. The monoisotopic (exact) mass is 247 g/mol. The third-order valence-electron chi connectivity index (χ3n) is 2.05. The van der Waals surface area contributed by atoms with E-state index in [0.717, 1.165) is 11.3 Å². The number of anilines is 1. The number of benzene rings is 1. The first-order valence-electron chi connectivity index (χ1n) is 4.06. The van der Waals surface area contributed by atoms with Gasteiger partial charge in [0.2, 0.25) is 0 Å². The molecule has 0 bridgehead atoms. The number of carbonyl (C=O) groups is 1. The summed E-state index contributed by atoms with van der Waals surface area (Å²) in [6.07, 6.45) is 1.69. The van der Waals surface area contributed by atoms with Crippen molar-refractivity contribution in [2.75, 3.05) is 11.9 Å². The fourth-order valence-corrected chi connectivity index (χ4v) is 1.45. The zero-order valence-corrected chi connectivity index (χ0v) is 9.40. The molecule has 0 spiro atoms. The highest BCUT2D eigenvalue weighted by molar-refractivity contribution is 6.17. The maximum absolute atomic E-state index is 10.8. The van der Waals surface area contributed by atoms with Crippen molar-refractivity contribution in [3.63, 3.8) is 0 Å². The van der Waals surface area contributed by atoms with E-state index < -0.39 is 5.97 Å². The van der Waals surface area contributed by atoms with Crippen molar-refractivity contribution in [2.24, 2.45) is 0 Å². The Balaban J connectivity index is 0.000000980. The molecule has 82 valence electrons. The molecular weight excluding hydrogens is 237 g/mol. The van der Waals surface area contributed by atoms with Gasteiger partial charge in [0.05, 0.1) is 5.57 Å². The van der Waals surface area contributed by atoms with E-state index in [1.54, 1.807) is 12.1 Å². The number of rotatable bonds is 1. The van der Waals surface area contributed by atoms with Crippen molar-refractivity contribution in [3.05, 3.63) is 35.9 Å². The molecule has 1 aromatic carbocycles. The fourth-order valence-electron chi connectivity index (χ4n) is 1.45. The van der Waals surface area contributed by atoms with Crippen molar-refractivity contribution in [3.8, 4) is 0 Å². The SMILES string of the molecule is Cl.Cl.O=C(O)C1=CCNc2ccccc21. The maximum atomic E-state index is 10.8. The Bertz CT molecular complexity index is 391. The second-order valence-electron chi connectivity index (χ2n) is 2.85. The number of fused-ring (bicyclic) bond motifs is 1. The molecule has 0 aliphatic carbocycles. The molecule has 0 saturated carbocycles. The Morgan fingerprint density at radius 1 is 1.27 bits per heavy atom. The van der Waals surface area contributed by atoms with Gasteiger partial charge in [-0.25, -0.2) is 4.79 Å². The van der Waals surface area contributed by atoms with E-state index in [1.807, 2.05) is 18.2 Å². The highest BCUT2D eigenvalue weighted by Crippen LogP contribution is 2.26. The van der Waals surface area contributed by atoms with Gasteiger partial charge in [0.25, 0.3) is 0 Å². The number of carboxylic acid groups (broad SMARTS) is 1. The highest BCUT2D eigenvalue weighted by Gasteiger charge is 2.16. The summed E-state index contributed by atoms with van der Waals surface area (Å²) < 4.78 is 0. The lowest BCUT2D eigenvalue weighted by atomic mass is 10.0. The summed E-state index contributed by atoms with van der Waals surface area (Å²) >= 11 is 0. The van der Waals surface area contributed by atoms with Crippen molar-refractivity contribution in [1.82, 2.24) is 0 Å². The number of nitrogens with one attached hydrogen (secondary N) is 1. The standard InChI is InChI=1S/C10H9NO2.2ClH/c12-10(13)8-5-6-11-9-4-2-1-3-7(8)9;;/h1-5,11H,6H2,(H,12,13);2*1H. The number of hydrogen-bond donors (Lipinski definition) is 2. The molecule has 2 N–H and O–H groups in total. The van der Waals surface area contributed by atoms with Gasteiger partial charge in [0.15, 0.2) is 0 Å². The maximum Gasteiger partial charge on any atom is 0.336 e. The first-order chi connectivity index (χ1) is 6.29. The van der Waals surface area contributed by atoms with Crippen molar-refractivity contribution < 1.29 is 9.90 Å². The van der Waals surface area contributed by atoms with Gasteiger partial charge in [-0.15, -0.1) is 24.8 Å². The molecule has 0 aromatic heterocycles. The number of hydrogen-bond acceptors (Lipinski definition) is 2. The van der Waals surface area contributed by atoms with Gasteiger partial charge in [-0.05, 0) is 6.07 Å². The minimum atomic E-state index is -0.867. The zero-order chi connectivity index (χ0) is 9.26. The molecule has 0 radical (unpaired) electrons. The van der Waals surface area contributed by atoms with E-state index in [2.05, 4.69) is 5.32 Å². The fraction of sp³-hybridized carbons (Fsp3) is 0.100. The third-order valence-corrected chi connectivity index (χ3v) is 2.05. The summed E-state index contributed by atoms with van der Waals surface area (Å²) in [6, 6.07) is 7.41. The van der Waals surface area contributed by atoms with Gasteiger partial charge in [0, 0.05) is 17.8 Å². The number of para-hydroxylation sites is 1. The average molecular weight is 248 g/mol. The Hall–Kier alpha value is -1.19. The molecule has 1 heterocycles. The summed E-state index contributed by atoms with van der Waals surface area (Å²) in [5, 5.41) is 12.0. The van der Waals surface area contributed by atoms with E-state index in [9.17, 15) is 4.79 Å². The van der Waals surface area contributed by atoms with Crippen LogP contribution in [0.15, 0.2) is 30.3 Å². The Morgan fingerprint density at radius 3 is 2.60 bits per heavy atom. The molecule has 0 amide bonds. The molecule has 5 heteroatoms. The molecular formula is C10H11Cl2NO2. The first kappa shape index (κ1) is 13.8. The topological polar surface area (TPSA) is 49.3 Å². The van der Waals surface area contributed by atoms with Crippen LogP contribution >= 0.6 is 24.8 Å². The third kappa shape index (κ3) is 2.64. The molecule has 0 atom stereocenters. The Morgan fingerprint density at radius 2 is 1.93 bits per heavy atom. The van der Waals surface area contributed by atoms with Crippen LogP contribution in [0.2, 0.25) is 0 Å². The summed E-state index contributed by atoms with van der Waals surface area (Å²) in [7, 11) is 0. The summed E-state index contributed by atoms with van der Waals surface area (Å²) in [4.78, 5) is 10.8. The molecule has 0 fully saturated rings. The summed E-state index contributed by atoms with van der Waals surface area (Å²) in [6.45, 7) is 0.582. The normalized spacial score (nSPS) is 12.1. The molecule has 1 aromatic rings. The quantitative estimate of drug-likeness (QED) is 0.802. The van der Waals surface area contributed by atoms with Crippen LogP contribution in [0.1, 0.15) is 5.56 Å². The lowest BCUT2D eigenvalue weighted by Crippen LogP contribution is -2.12. The molecule has 3 nitrogen and oxygen atoms in total. The summed E-state index contributed by atoms with van der Waals surface area (Å²) in [5.41, 5.74) is 2.04. The average Bonchev–Trinajstić information content (AvgIpc) is 2.17. The van der Waals surface area contributed by atoms with Gasteiger partial charge < -0.3 is 10.4 Å². The molecule has 2 rings (SSSR count). The van der Waals surface area contributed by atoms with Gasteiger partial charge in [-0.2, -0.15) is 0 Å². The van der Waals surface area contributed by atoms with Crippen LogP contribution in [0.3, 0.4) is 0 Å². The van der Waals surface area contributed by atoms with Crippen LogP contribution in [-0.2, 0) is 4.79 Å². The predicted molar refractivity (Wildman–Crippen MR) is 65.0 cm³/mol. The van der Waals surface area contributed by atoms with E-state index >= 15 is 0 Å². The van der Waals surface area contributed by atoms with Crippen LogP contribution < -0.4 is 5.32 Å². The van der Waals surface area contributed by atoms with Gasteiger partial charge in [-0.1, -0.05) is 24.3 Å². The lowest BCUT2D eigenvalue weighted by Gasteiger charge is -2.16. The predicted octanol–water partition coefficient (Wildman–Crippen LogP) is 2.42. The van der Waals surface area contributed by atoms with E-state index in [4.69, 9.17) is 5.11 Å². The smallest absolute Gasteiger partial charge is 0.336 e. The molecule has 0 saturated heterocycles. The molecule has 15 heavy (non-hydrogen) atoms. The molecule has 1 aliphatic rings. The second kappa shape index (κ2) is 5.63. The number of halogens is 2. The number of carboxylic acids is 1. The lowest BCUT2D eigenvalue weighted by molar-refractivity contribution is -0.130. The van der Waals surface area contributed by atoms with Crippen molar-refractivity contribution in [2.45, 2.75) is 0 Å². The second-order valence-corrected chi connectivity index (χ2v) is 2.85. The van der Waals surface area contributed by atoms with E-state index in [1.165, 1.54) is 0 Å². The minimum Gasteiger partial charge on any atom is -0.478 e. The van der Waals surface area contributed by atoms with Crippen molar-refractivity contribution >= 4 is 42.0 Å². The van der Waals surface area contributed by atoms with Crippen molar-refractivity contribution in [1.29, 1.82) is 0 Å². The van der Waals surface area contributed by atoms with Crippen LogP contribution in [0.4, 0.5) is 5.69 Å². The molecule has 0 unspecified atom stereocenters. The van der Waals surface area contributed by atoms with E-state index in [-0.39, 0.29) is 24.8 Å². The Labute approximate surface area is 100 Å². The van der Waals surface area contributed by atoms with Crippen LogP contribution in [0, 0.1) is 0 Å². The number of aliphatic carboxylic acids is 1.